The topological polar surface area (TPSA) is 133 Å². The standard InChI is InChI=1S/C21H26N6O5S/c1-13(28)22-15-4-5-18(32-3)17(10-15)24-19(30)11-16-12-33-20(23-16)25-21(31)27-8-6-26(7-9-27)14(2)29/h4-5,10,12H,6-9,11H2,1-3H3,(H,22,28)(H,24,30)(H,23,25,31). The smallest absolute Gasteiger partial charge is 0.323 e. The second-order valence-electron chi connectivity index (χ2n) is 7.39. The van der Waals surface area contributed by atoms with Crippen molar-refractivity contribution in [1.82, 2.24) is 14.8 Å². The number of carbonyl (C=O) groups excluding carboxylic acids is 4. The molecule has 1 aromatic carbocycles. The summed E-state index contributed by atoms with van der Waals surface area (Å²) in [6.45, 7) is 4.81. The van der Waals surface area contributed by atoms with E-state index in [2.05, 4.69) is 20.9 Å². The lowest BCUT2D eigenvalue weighted by Crippen LogP contribution is -2.51. The third kappa shape index (κ3) is 6.65. The van der Waals surface area contributed by atoms with Crippen molar-refractivity contribution in [2.45, 2.75) is 20.3 Å². The van der Waals surface area contributed by atoms with Gasteiger partial charge in [-0.25, -0.2) is 9.78 Å². The molecular formula is C21H26N6O5S. The lowest BCUT2D eigenvalue weighted by Gasteiger charge is -2.33. The number of anilines is 3. The zero-order valence-electron chi connectivity index (χ0n) is 18.6. The number of thiazole rings is 1. The van der Waals surface area contributed by atoms with Gasteiger partial charge in [0.05, 0.1) is 24.9 Å². The number of amides is 5. The molecule has 0 unspecified atom stereocenters. The van der Waals surface area contributed by atoms with Crippen LogP contribution in [-0.4, -0.2) is 71.8 Å². The number of ether oxygens (including phenoxy) is 1. The van der Waals surface area contributed by atoms with Crippen molar-refractivity contribution in [3.8, 4) is 5.75 Å². The van der Waals surface area contributed by atoms with E-state index in [0.29, 0.717) is 54.1 Å². The molecule has 11 nitrogen and oxygen atoms in total. The first-order chi connectivity index (χ1) is 15.7. The Balaban J connectivity index is 1.55. The molecule has 2 aromatic rings. The highest BCUT2D eigenvalue weighted by molar-refractivity contribution is 7.13. The molecule has 1 saturated heterocycles. The summed E-state index contributed by atoms with van der Waals surface area (Å²) >= 11 is 1.23. The van der Waals surface area contributed by atoms with E-state index < -0.39 is 0 Å². The van der Waals surface area contributed by atoms with Gasteiger partial charge in [-0.1, -0.05) is 0 Å². The largest absolute Gasteiger partial charge is 0.495 e. The number of urea groups is 1. The number of hydrogen-bond donors (Lipinski definition) is 3. The minimum Gasteiger partial charge on any atom is -0.495 e. The van der Waals surface area contributed by atoms with E-state index in [1.807, 2.05) is 0 Å². The van der Waals surface area contributed by atoms with Crippen LogP contribution in [-0.2, 0) is 20.8 Å². The monoisotopic (exact) mass is 474 g/mol. The first kappa shape index (κ1) is 24.0. The summed E-state index contributed by atoms with van der Waals surface area (Å²) in [6.07, 6.45) is -0.00280. The van der Waals surface area contributed by atoms with E-state index in [-0.39, 0.29) is 30.2 Å². The maximum atomic E-state index is 12.5. The number of hydrogen-bond acceptors (Lipinski definition) is 7. The number of aromatic nitrogens is 1. The normalized spacial score (nSPS) is 13.3. The number of nitrogens with zero attached hydrogens (tertiary/aromatic N) is 3. The van der Waals surface area contributed by atoms with Crippen LogP contribution in [0.4, 0.5) is 21.3 Å². The predicted molar refractivity (Wildman–Crippen MR) is 125 cm³/mol. The fraction of sp³-hybridized carbons (Fsp3) is 0.381. The second-order valence-corrected chi connectivity index (χ2v) is 8.25. The third-order valence-corrected chi connectivity index (χ3v) is 5.72. The molecule has 1 aliphatic heterocycles. The van der Waals surface area contributed by atoms with Crippen molar-refractivity contribution in [3.63, 3.8) is 0 Å². The first-order valence-electron chi connectivity index (χ1n) is 10.3. The molecule has 0 spiro atoms. The number of piperazine rings is 1. The Bertz CT molecular complexity index is 1050. The van der Waals surface area contributed by atoms with Gasteiger partial charge < -0.3 is 25.2 Å². The fourth-order valence-electron chi connectivity index (χ4n) is 3.29. The average Bonchev–Trinajstić information content (AvgIpc) is 3.20. The highest BCUT2D eigenvalue weighted by Crippen LogP contribution is 2.28. The molecular weight excluding hydrogens is 448 g/mol. The molecule has 1 fully saturated rings. The quantitative estimate of drug-likeness (QED) is 0.586. The van der Waals surface area contributed by atoms with Crippen LogP contribution in [0.2, 0.25) is 0 Å². The van der Waals surface area contributed by atoms with Crippen LogP contribution < -0.4 is 20.7 Å². The summed E-state index contributed by atoms with van der Waals surface area (Å²) in [5.41, 5.74) is 1.45. The van der Waals surface area contributed by atoms with E-state index in [1.54, 1.807) is 33.4 Å². The molecule has 0 aliphatic carbocycles. The molecule has 0 bridgehead atoms. The summed E-state index contributed by atoms with van der Waals surface area (Å²) < 4.78 is 5.27. The first-order valence-corrected chi connectivity index (χ1v) is 11.1. The average molecular weight is 475 g/mol. The summed E-state index contributed by atoms with van der Waals surface area (Å²) in [5.74, 6) is -0.0991. The van der Waals surface area contributed by atoms with Crippen molar-refractivity contribution in [2.75, 3.05) is 49.2 Å². The number of methoxy groups -OCH3 is 1. The van der Waals surface area contributed by atoms with E-state index in [9.17, 15) is 19.2 Å². The van der Waals surface area contributed by atoms with Crippen LogP contribution in [0, 0.1) is 0 Å². The molecule has 0 saturated carbocycles. The van der Waals surface area contributed by atoms with Crippen LogP contribution in [0.15, 0.2) is 23.6 Å². The van der Waals surface area contributed by atoms with Crippen molar-refractivity contribution in [3.05, 3.63) is 29.3 Å². The Labute approximate surface area is 195 Å². The van der Waals surface area contributed by atoms with Gasteiger partial charge in [-0.15, -0.1) is 11.3 Å². The van der Waals surface area contributed by atoms with Crippen molar-refractivity contribution >= 4 is 51.6 Å². The molecule has 176 valence electrons. The van der Waals surface area contributed by atoms with Crippen LogP contribution in [0.5, 0.6) is 5.75 Å². The highest BCUT2D eigenvalue weighted by atomic mass is 32.1. The Morgan fingerprint density at radius 3 is 2.36 bits per heavy atom. The van der Waals surface area contributed by atoms with Gasteiger partial charge in [0.1, 0.15) is 5.75 Å². The molecule has 2 heterocycles. The lowest BCUT2D eigenvalue weighted by atomic mass is 10.2. The van der Waals surface area contributed by atoms with E-state index in [4.69, 9.17) is 4.74 Å². The van der Waals surface area contributed by atoms with Gasteiger partial charge in [-0.2, -0.15) is 0 Å². The van der Waals surface area contributed by atoms with E-state index in [0.717, 1.165) is 0 Å². The minimum absolute atomic E-state index is 0.00244. The molecule has 33 heavy (non-hydrogen) atoms. The molecule has 3 N–H and O–H groups in total. The van der Waals surface area contributed by atoms with Gasteiger partial charge in [-0.3, -0.25) is 19.7 Å². The van der Waals surface area contributed by atoms with Crippen molar-refractivity contribution in [2.24, 2.45) is 0 Å². The van der Waals surface area contributed by atoms with Gasteiger partial charge in [0, 0.05) is 51.1 Å². The van der Waals surface area contributed by atoms with Crippen molar-refractivity contribution in [1.29, 1.82) is 0 Å². The number of rotatable bonds is 6. The number of carbonyl (C=O) groups is 4. The summed E-state index contributed by atoms with van der Waals surface area (Å²) in [6, 6.07) is 4.64. The predicted octanol–water partition coefficient (Wildman–Crippen LogP) is 1.99. The van der Waals surface area contributed by atoms with Crippen LogP contribution in [0.3, 0.4) is 0 Å². The van der Waals surface area contributed by atoms with Gasteiger partial charge in [0.25, 0.3) is 0 Å². The molecule has 12 heteroatoms. The van der Waals surface area contributed by atoms with Gasteiger partial charge >= 0.3 is 6.03 Å². The Hall–Kier alpha value is -3.67. The van der Waals surface area contributed by atoms with Crippen LogP contribution >= 0.6 is 11.3 Å². The maximum absolute atomic E-state index is 12.5. The van der Waals surface area contributed by atoms with Gasteiger partial charge in [-0.05, 0) is 18.2 Å². The highest BCUT2D eigenvalue weighted by Gasteiger charge is 2.23. The number of benzene rings is 1. The molecule has 0 atom stereocenters. The molecule has 3 rings (SSSR count). The fourth-order valence-corrected chi connectivity index (χ4v) is 3.99. The maximum Gasteiger partial charge on any atom is 0.323 e. The van der Waals surface area contributed by atoms with E-state index in [1.165, 1.54) is 32.3 Å². The summed E-state index contributed by atoms with van der Waals surface area (Å²) in [4.78, 5) is 55.3. The van der Waals surface area contributed by atoms with Gasteiger partial charge in [0.2, 0.25) is 17.7 Å². The summed E-state index contributed by atoms with van der Waals surface area (Å²) in [7, 11) is 1.48. The molecule has 1 aromatic heterocycles. The Kier molecular flexibility index (Phi) is 7.83. The molecule has 5 amide bonds. The van der Waals surface area contributed by atoms with Crippen molar-refractivity contribution < 1.29 is 23.9 Å². The third-order valence-electron chi connectivity index (χ3n) is 4.91. The lowest BCUT2D eigenvalue weighted by molar-refractivity contribution is -0.130. The minimum atomic E-state index is -0.322. The van der Waals surface area contributed by atoms with Gasteiger partial charge in [0.15, 0.2) is 5.13 Å². The SMILES string of the molecule is COc1ccc(NC(C)=O)cc1NC(=O)Cc1csc(NC(=O)N2CCN(C(C)=O)CC2)n1. The Morgan fingerprint density at radius 2 is 1.73 bits per heavy atom. The zero-order valence-corrected chi connectivity index (χ0v) is 19.5. The Morgan fingerprint density at radius 1 is 1.03 bits per heavy atom. The summed E-state index contributed by atoms with van der Waals surface area (Å²) in [5, 5.41) is 10.3. The number of nitrogens with one attached hydrogen (secondary N) is 3. The zero-order chi connectivity index (χ0) is 24.0. The van der Waals surface area contributed by atoms with Crippen LogP contribution in [0.25, 0.3) is 0 Å². The molecule has 1 aliphatic rings. The van der Waals surface area contributed by atoms with Crippen LogP contribution in [0.1, 0.15) is 19.5 Å². The molecule has 0 radical (unpaired) electrons. The second kappa shape index (κ2) is 10.8. The van der Waals surface area contributed by atoms with E-state index >= 15 is 0 Å².